The van der Waals surface area contributed by atoms with Crippen LogP contribution in [0.3, 0.4) is 0 Å². The van der Waals surface area contributed by atoms with Crippen LogP contribution in [-0.4, -0.2) is 55.2 Å². The van der Waals surface area contributed by atoms with Crippen molar-refractivity contribution in [2.24, 2.45) is 0 Å². The highest BCUT2D eigenvalue weighted by atomic mass is 16.5. The Bertz CT molecular complexity index is 947. The summed E-state index contributed by atoms with van der Waals surface area (Å²) >= 11 is 0. The Kier molecular flexibility index (Phi) is 7.54. The maximum absolute atomic E-state index is 12.6. The minimum atomic E-state index is -0.0706. The van der Waals surface area contributed by atoms with Crippen LogP contribution in [0, 0.1) is 6.92 Å². The molecule has 1 fully saturated rings. The fourth-order valence-electron chi connectivity index (χ4n) is 4.04. The molecule has 0 saturated carbocycles. The largest absolute Gasteiger partial charge is 0.367 e. The van der Waals surface area contributed by atoms with Crippen molar-refractivity contribution in [3.63, 3.8) is 0 Å². The van der Waals surface area contributed by atoms with Gasteiger partial charge in [-0.2, -0.15) is 0 Å². The summed E-state index contributed by atoms with van der Waals surface area (Å²) in [5.74, 6) is 0. The second-order valence-corrected chi connectivity index (χ2v) is 8.20. The molecule has 3 aromatic carbocycles. The SMILES string of the molecule is Cc1cccc(NC(=O)N2CCN(CCOC(c3ccccc3)c3ccccc3)CC2)c1. The molecular formula is C27H31N3O2. The molecule has 0 aromatic heterocycles. The highest BCUT2D eigenvalue weighted by Crippen LogP contribution is 2.25. The lowest BCUT2D eigenvalue weighted by atomic mass is 10.0. The van der Waals surface area contributed by atoms with E-state index >= 15 is 0 Å². The van der Waals surface area contributed by atoms with Gasteiger partial charge >= 0.3 is 6.03 Å². The molecular weight excluding hydrogens is 398 g/mol. The van der Waals surface area contributed by atoms with Gasteiger partial charge in [-0.1, -0.05) is 72.8 Å². The van der Waals surface area contributed by atoms with Crippen molar-refractivity contribution in [2.75, 3.05) is 44.6 Å². The minimum absolute atomic E-state index is 0.0280. The molecule has 1 heterocycles. The molecule has 5 heteroatoms. The Balaban J connectivity index is 1.25. The van der Waals surface area contributed by atoms with E-state index in [2.05, 4.69) is 58.7 Å². The Hall–Kier alpha value is -3.15. The number of benzene rings is 3. The van der Waals surface area contributed by atoms with Gasteiger partial charge < -0.3 is 15.0 Å². The second-order valence-electron chi connectivity index (χ2n) is 8.20. The molecule has 0 radical (unpaired) electrons. The van der Waals surface area contributed by atoms with Gasteiger partial charge in [0.25, 0.3) is 0 Å². The van der Waals surface area contributed by atoms with Gasteiger partial charge in [-0.3, -0.25) is 4.90 Å². The molecule has 1 saturated heterocycles. The van der Waals surface area contributed by atoms with E-state index in [9.17, 15) is 4.79 Å². The zero-order chi connectivity index (χ0) is 22.2. The number of amides is 2. The molecule has 4 rings (SSSR count). The van der Waals surface area contributed by atoms with Crippen LogP contribution in [-0.2, 0) is 4.74 Å². The summed E-state index contributed by atoms with van der Waals surface area (Å²) in [7, 11) is 0. The summed E-state index contributed by atoms with van der Waals surface area (Å²) in [5, 5.41) is 3.01. The van der Waals surface area contributed by atoms with Gasteiger partial charge in [0, 0.05) is 38.4 Å². The van der Waals surface area contributed by atoms with Crippen molar-refractivity contribution >= 4 is 11.7 Å². The Morgan fingerprint density at radius 1 is 0.875 bits per heavy atom. The number of ether oxygens (including phenoxy) is 1. The first-order valence-corrected chi connectivity index (χ1v) is 11.3. The first-order chi connectivity index (χ1) is 15.7. The van der Waals surface area contributed by atoms with Gasteiger partial charge in [0.05, 0.1) is 6.61 Å². The fraction of sp³-hybridized carbons (Fsp3) is 0.296. The number of carbonyl (C=O) groups is 1. The number of urea groups is 1. The lowest BCUT2D eigenvalue weighted by Crippen LogP contribution is -2.50. The van der Waals surface area contributed by atoms with Gasteiger partial charge in [0.2, 0.25) is 0 Å². The normalized spacial score (nSPS) is 14.5. The summed E-state index contributed by atoms with van der Waals surface area (Å²) in [4.78, 5) is 16.8. The van der Waals surface area contributed by atoms with Gasteiger partial charge in [-0.25, -0.2) is 4.79 Å². The summed E-state index contributed by atoms with van der Waals surface area (Å²) < 4.78 is 6.35. The fourth-order valence-corrected chi connectivity index (χ4v) is 4.04. The van der Waals surface area contributed by atoms with Crippen LogP contribution in [0.15, 0.2) is 84.9 Å². The van der Waals surface area contributed by atoms with E-state index in [1.165, 1.54) is 0 Å². The van der Waals surface area contributed by atoms with E-state index in [1.807, 2.05) is 48.2 Å². The highest BCUT2D eigenvalue weighted by Gasteiger charge is 2.22. The minimum Gasteiger partial charge on any atom is -0.367 e. The highest BCUT2D eigenvalue weighted by molar-refractivity contribution is 5.89. The van der Waals surface area contributed by atoms with Crippen LogP contribution in [0.25, 0.3) is 0 Å². The van der Waals surface area contributed by atoms with Crippen molar-refractivity contribution in [3.05, 3.63) is 102 Å². The van der Waals surface area contributed by atoms with Crippen molar-refractivity contribution in [1.29, 1.82) is 0 Å². The first kappa shape index (κ1) is 22.1. The van der Waals surface area contributed by atoms with Crippen LogP contribution in [0.1, 0.15) is 22.8 Å². The average Bonchev–Trinajstić information content (AvgIpc) is 2.83. The number of rotatable bonds is 7. The van der Waals surface area contributed by atoms with Crippen molar-refractivity contribution in [2.45, 2.75) is 13.0 Å². The molecule has 0 spiro atoms. The van der Waals surface area contributed by atoms with Gasteiger partial charge in [-0.15, -0.1) is 0 Å². The van der Waals surface area contributed by atoms with Crippen molar-refractivity contribution in [1.82, 2.24) is 9.80 Å². The smallest absolute Gasteiger partial charge is 0.321 e. The quantitative estimate of drug-likeness (QED) is 0.578. The Morgan fingerprint density at radius 2 is 1.50 bits per heavy atom. The van der Waals surface area contributed by atoms with E-state index in [1.54, 1.807) is 0 Å². The molecule has 0 unspecified atom stereocenters. The molecule has 1 N–H and O–H groups in total. The zero-order valence-corrected chi connectivity index (χ0v) is 18.6. The zero-order valence-electron chi connectivity index (χ0n) is 18.6. The third-order valence-electron chi connectivity index (χ3n) is 5.83. The molecule has 0 aliphatic carbocycles. The molecule has 1 aliphatic heterocycles. The van der Waals surface area contributed by atoms with E-state index in [0.717, 1.165) is 55.1 Å². The van der Waals surface area contributed by atoms with E-state index in [0.29, 0.717) is 6.61 Å². The first-order valence-electron chi connectivity index (χ1n) is 11.3. The number of hydrogen-bond acceptors (Lipinski definition) is 3. The van der Waals surface area contributed by atoms with Crippen molar-refractivity contribution in [3.8, 4) is 0 Å². The molecule has 3 aromatic rings. The number of hydrogen-bond donors (Lipinski definition) is 1. The van der Waals surface area contributed by atoms with E-state index in [-0.39, 0.29) is 12.1 Å². The standard InChI is InChI=1S/C27H31N3O2/c1-22-9-8-14-25(21-22)28-27(31)30-17-15-29(16-18-30)19-20-32-26(23-10-4-2-5-11-23)24-12-6-3-7-13-24/h2-14,21,26H,15-20H2,1H3,(H,28,31). The second kappa shape index (κ2) is 10.9. The number of anilines is 1. The monoisotopic (exact) mass is 429 g/mol. The number of carbonyl (C=O) groups excluding carboxylic acids is 1. The predicted octanol–water partition coefficient (Wildman–Crippen LogP) is 4.95. The molecule has 1 aliphatic rings. The summed E-state index contributed by atoms with van der Waals surface area (Å²) in [6.45, 7) is 6.67. The van der Waals surface area contributed by atoms with Gasteiger partial charge in [0.15, 0.2) is 0 Å². The third kappa shape index (κ3) is 5.96. The topological polar surface area (TPSA) is 44.8 Å². The van der Waals surface area contributed by atoms with E-state index in [4.69, 9.17) is 4.74 Å². The summed E-state index contributed by atoms with van der Waals surface area (Å²) in [6.07, 6.45) is -0.0706. The van der Waals surface area contributed by atoms with Crippen LogP contribution in [0.5, 0.6) is 0 Å². The molecule has 0 bridgehead atoms. The number of aryl methyl sites for hydroxylation is 1. The number of nitrogens with zero attached hydrogens (tertiary/aromatic N) is 2. The van der Waals surface area contributed by atoms with Crippen LogP contribution in [0.2, 0.25) is 0 Å². The van der Waals surface area contributed by atoms with Crippen LogP contribution in [0.4, 0.5) is 10.5 Å². The van der Waals surface area contributed by atoms with Crippen LogP contribution < -0.4 is 5.32 Å². The molecule has 2 amide bonds. The molecule has 32 heavy (non-hydrogen) atoms. The van der Waals surface area contributed by atoms with Gasteiger partial charge in [-0.05, 0) is 35.7 Å². The summed E-state index contributed by atoms with van der Waals surface area (Å²) in [5.41, 5.74) is 4.31. The number of nitrogens with one attached hydrogen (secondary N) is 1. The summed E-state index contributed by atoms with van der Waals surface area (Å²) in [6, 6.07) is 28.6. The van der Waals surface area contributed by atoms with Crippen LogP contribution >= 0.6 is 0 Å². The maximum atomic E-state index is 12.6. The average molecular weight is 430 g/mol. The molecule has 166 valence electrons. The molecule has 5 nitrogen and oxygen atoms in total. The lowest BCUT2D eigenvalue weighted by molar-refractivity contribution is 0.0498. The Morgan fingerprint density at radius 3 is 2.09 bits per heavy atom. The predicted molar refractivity (Wildman–Crippen MR) is 129 cm³/mol. The Labute approximate surface area is 190 Å². The van der Waals surface area contributed by atoms with E-state index < -0.39 is 0 Å². The molecule has 0 atom stereocenters. The maximum Gasteiger partial charge on any atom is 0.321 e. The third-order valence-corrected chi connectivity index (χ3v) is 5.83. The van der Waals surface area contributed by atoms with Gasteiger partial charge in [0.1, 0.15) is 6.10 Å². The van der Waals surface area contributed by atoms with Crippen molar-refractivity contribution < 1.29 is 9.53 Å². The number of piperazine rings is 1. The lowest BCUT2D eigenvalue weighted by Gasteiger charge is -2.34.